The molecule has 2 nitrogen and oxygen atoms in total. The summed E-state index contributed by atoms with van der Waals surface area (Å²) in [5, 5.41) is 8.25. The Labute approximate surface area is 105 Å². The molecule has 0 aliphatic carbocycles. The summed E-state index contributed by atoms with van der Waals surface area (Å²) in [6, 6.07) is 8.35. The number of thioether (sulfide) groups is 1. The topological polar surface area (TPSA) is 25.8 Å². The van der Waals surface area contributed by atoms with Crippen molar-refractivity contribution in [2.24, 2.45) is 0 Å². The molecule has 2 aromatic rings. The Hall–Kier alpha value is -0.390. The highest BCUT2D eigenvalue weighted by Crippen LogP contribution is 2.35. The first-order chi connectivity index (χ1) is 7.25. The lowest BCUT2D eigenvalue weighted by atomic mass is 10.2. The molecule has 1 aromatic carbocycles. The molecule has 0 bridgehead atoms. The summed E-state index contributed by atoms with van der Waals surface area (Å²) in [6.07, 6.45) is 0. The van der Waals surface area contributed by atoms with Gasteiger partial charge in [-0.15, -0.1) is 10.2 Å². The Kier molecular flexibility index (Phi) is 3.77. The smallest absolute Gasteiger partial charge is 0.146 e. The average molecular weight is 301 g/mol. The van der Waals surface area contributed by atoms with Crippen molar-refractivity contribution in [1.29, 1.82) is 0 Å². The van der Waals surface area contributed by atoms with Gasteiger partial charge in [-0.3, -0.25) is 0 Å². The lowest BCUT2D eigenvalue weighted by Gasteiger charge is -2.09. The van der Waals surface area contributed by atoms with Gasteiger partial charge in [0.25, 0.3) is 0 Å². The largest absolute Gasteiger partial charge is 0.174 e. The number of hydrogen-bond donors (Lipinski definition) is 0. The van der Waals surface area contributed by atoms with Crippen LogP contribution in [0.15, 0.2) is 38.6 Å². The van der Waals surface area contributed by atoms with Crippen LogP contribution in [0.4, 0.5) is 0 Å². The summed E-state index contributed by atoms with van der Waals surface area (Å²) in [6.45, 7) is 2.17. The predicted molar refractivity (Wildman–Crippen MR) is 68.3 cm³/mol. The van der Waals surface area contributed by atoms with Gasteiger partial charge < -0.3 is 0 Å². The lowest BCUT2D eigenvalue weighted by molar-refractivity contribution is 0.999. The highest BCUT2D eigenvalue weighted by molar-refractivity contribution is 9.10. The van der Waals surface area contributed by atoms with E-state index in [0.717, 1.165) is 8.81 Å². The number of aromatic nitrogens is 2. The Morgan fingerprint density at radius 1 is 1.47 bits per heavy atom. The molecule has 0 spiro atoms. The SMILES string of the molecule is C[C@@H](Sc1nncs1)c1cccc(Br)c1. The molecule has 0 aliphatic heterocycles. The summed E-state index contributed by atoms with van der Waals surface area (Å²) in [7, 11) is 0. The molecular formula is C10H9BrN2S2. The predicted octanol–water partition coefficient (Wildman–Crippen LogP) is 4.15. The lowest BCUT2D eigenvalue weighted by Crippen LogP contribution is -1.87. The van der Waals surface area contributed by atoms with Crippen LogP contribution in [0.2, 0.25) is 0 Å². The van der Waals surface area contributed by atoms with E-state index >= 15 is 0 Å². The first-order valence-electron chi connectivity index (χ1n) is 4.44. The van der Waals surface area contributed by atoms with Crippen LogP contribution in [-0.2, 0) is 0 Å². The van der Waals surface area contributed by atoms with Crippen molar-refractivity contribution < 1.29 is 0 Å². The summed E-state index contributed by atoms with van der Waals surface area (Å²) in [5.41, 5.74) is 3.06. The van der Waals surface area contributed by atoms with E-state index in [2.05, 4.69) is 51.3 Å². The zero-order valence-corrected chi connectivity index (χ0v) is 11.3. The summed E-state index contributed by atoms with van der Waals surface area (Å²) in [5.74, 6) is 0. The van der Waals surface area contributed by atoms with Gasteiger partial charge in [-0.25, -0.2) is 0 Å². The van der Waals surface area contributed by atoms with Crippen LogP contribution in [-0.4, -0.2) is 10.2 Å². The van der Waals surface area contributed by atoms with Crippen molar-refractivity contribution >= 4 is 39.0 Å². The first kappa shape index (κ1) is 11.1. The van der Waals surface area contributed by atoms with Crippen LogP contribution < -0.4 is 0 Å². The third-order valence-electron chi connectivity index (χ3n) is 1.94. The summed E-state index contributed by atoms with van der Waals surface area (Å²) < 4.78 is 2.13. The van der Waals surface area contributed by atoms with Gasteiger partial charge in [0.05, 0.1) is 0 Å². The van der Waals surface area contributed by atoms with Crippen molar-refractivity contribution in [2.75, 3.05) is 0 Å². The van der Waals surface area contributed by atoms with Crippen LogP contribution >= 0.6 is 39.0 Å². The molecule has 0 radical (unpaired) electrons. The molecule has 0 aliphatic rings. The Bertz CT molecular complexity index is 431. The minimum Gasteiger partial charge on any atom is -0.146 e. The molecule has 0 saturated heterocycles. The normalized spacial score (nSPS) is 12.7. The maximum Gasteiger partial charge on any atom is 0.174 e. The average Bonchev–Trinajstić information content (AvgIpc) is 2.70. The van der Waals surface area contributed by atoms with Crippen molar-refractivity contribution in [1.82, 2.24) is 10.2 Å². The molecule has 1 atom stereocenters. The second-order valence-electron chi connectivity index (χ2n) is 3.02. The van der Waals surface area contributed by atoms with E-state index in [1.165, 1.54) is 5.56 Å². The van der Waals surface area contributed by atoms with E-state index < -0.39 is 0 Å². The number of hydrogen-bond acceptors (Lipinski definition) is 4. The highest BCUT2D eigenvalue weighted by atomic mass is 79.9. The van der Waals surface area contributed by atoms with Gasteiger partial charge in [-0.1, -0.05) is 51.2 Å². The number of nitrogens with zero attached hydrogens (tertiary/aromatic N) is 2. The second-order valence-corrected chi connectivity index (χ2v) is 6.36. The van der Waals surface area contributed by atoms with Gasteiger partial charge >= 0.3 is 0 Å². The maximum atomic E-state index is 4.02. The zero-order chi connectivity index (χ0) is 10.7. The monoisotopic (exact) mass is 300 g/mol. The number of rotatable bonds is 3. The standard InChI is InChI=1S/C10H9BrN2S2/c1-7(15-10-13-12-6-14-10)8-3-2-4-9(11)5-8/h2-7H,1H3/t7-/m1/s1. The van der Waals surface area contributed by atoms with E-state index in [1.807, 2.05) is 6.07 Å². The third kappa shape index (κ3) is 3.03. The summed E-state index contributed by atoms with van der Waals surface area (Å²) in [4.78, 5) is 0. The van der Waals surface area contributed by atoms with Gasteiger partial charge in [0, 0.05) is 9.72 Å². The molecule has 5 heteroatoms. The second kappa shape index (κ2) is 5.09. The maximum absolute atomic E-state index is 4.02. The fraction of sp³-hybridized carbons (Fsp3) is 0.200. The third-order valence-corrected chi connectivity index (χ3v) is 4.40. The molecule has 15 heavy (non-hydrogen) atoms. The van der Waals surface area contributed by atoms with Crippen molar-refractivity contribution in [3.8, 4) is 0 Å². The van der Waals surface area contributed by atoms with Crippen molar-refractivity contribution in [3.63, 3.8) is 0 Å². The van der Waals surface area contributed by atoms with E-state index in [-0.39, 0.29) is 0 Å². The van der Waals surface area contributed by atoms with Gasteiger partial charge in [-0.05, 0) is 24.6 Å². The summed E-state index contributed by atoms with van der Waals surface area (Å²) >= 11 is 6.79. The van der Waals surface area contributed by atoms with Gasteiger partial charge in [0.15, 0.2) is 4.34 Å². The van der Waals surface area contributed by atoms with Crippen LogP contribution in [0.3, 0.4) is 0 Å². The Morgan fingerprint density at radius 2 is 2.33 bits per heavy atom. The molecular weight excluding hydrogens is 292 g/mol. The number of halogens is 1. The van der Waals surface area contributed by atoms with Gasteiger partial charge in [-0.2, -0.15) is 0 Å². The van der Waals surface area contributed by atoms with Crippen molar-refractivity contribution in [2.45, 2.75) is 16.5 Å². The fourth-order valence-electron chi connectivity index (χ4n) is 1.19. The minimum atomic E-state index is 0.399. The highest BCUT2D eigenvalue weighted by Gasteiger charge is 2.09. The van der Waals surface area contributed by atoms with E-state index in [1.54, 1.807) is 28.6 Å². The zero-order valence-electron chi connectivity index (χ0n) is 8.05. The molecule has 0 unspecified atom stereocenters. The number of benzene rings is 1. The van der Waals surface area contributed by atoms with E-state index in [4.69, 9.17) is 0 Å². The molecule has 1 aromatic heterocycles. The van der Waals surface area contributed by atoms with Crippen LogP contribution in [0, 0.1) is 0 Å². The van der Waals surface area contributed by atoms with E-state index in [0.29, 0.717) is 5.25 Å². The Morgan fingerprint density at radius 3 is 3.00 bits per heavy atom. The van der Waals surface area contributed by atoms with E-state index in [9.17, 15) is 0 Å². The Balaban J connectivity index is 2.11. The molecule has 0 N–H and O–H groups in total. The molecule has 0 amide bonds. The quantitative estimate of drug-likeness (QED) is 0.796. The van der Waals surface area contributed by atoms with Crippen LogP contribution in [0.5, 0.6) is 0 Å². The van der Waals surface area contributed by atoms with Gasteiger partial charge in [0.2, 0.25) is 0 Å². The molecule has 1 heterocycles. The fourth-order valence-corrected chi connectivity index (χ4v) is 3.35. The van der Waals surface area contributed by atoms with Gasteiger partial charge in [0.1, 0.15) is 5.51 Å². The molecule has 78 valence electrons. The molecule has 0 fully saturated rings. The minimum absolute atomic E-state index is 0.399. The van der Waals surface area contributed by atoms with Crippen molar-refractivity contribution in [3.05, 3.63) is 39.8 Å². The first-order valence-corrected chi connectivity index (χ1v) is 6.99. The van der Waals surface area contributed by atoms with Crippen LogP contribution in [0.25, 0.3) is 0 Å². The molecule has 2 rings (SSSR count). The van der Waals surface area contributed by atoms with Crippen LogP contribution in [0.1, 0.15) is 17.7 Å². The molecule has 0 saturated carbocycles.